The molecule has 1 N–H and O–H groups in total. The van der Waals surface area contributed by atoms with Crippen LogP contribution in [0.1, 0.15) is 71.6 Å². The largest absolute Gasteiger partial charge is 0.388 e. The lowest BCUT2D eigenvalue weighted by Gasteiger charge is -2.61. The van der Waals surface area contributed by atoms with Crippen molar-refractivity contribution in [1.29, 1.82) is 0 Å². The van der Waals surface area contributed by atoms with Gasteiger partial charge in [-0.1, -0.05) is 25.6 Å². The SMILES string of the molecule is Cn1ccnc1SCC1(O)CCC2C3CCC4CC(=O)CCC4(C)C3CCC21C. The lowest BCUT2D eigenvalue weighted by molar-refractivity contribution is -0.152. The molecular weight excluding hydrogens is 380 g/mol. The van der Waals surface area contributed by atoms with Gasteiger partial charge < -0.3 is 9.67 Å². The van der Waals surface area contributed by atoms with E-state index in [9.17, 15) is 9.90 Å². The number of carbonyl (C=O) groups is 1. The molecule has 4 saturated carbocycles. The first-order valence-electron chi connectivity index (χ1n) is 11.6. The normalized spacial score (nSPS) is 46.8. The van der Waals surface area contributed by atoms with Gasteiger partial charge in [0.25, 0.3) is 0 Å². The van der Waals surface area contributed by atoms with E-state index in [2.05, 4.69) is 18.8 Å². The highest BCUT2D eigenvalue weighted by molar-refractivity contribution is 7.99. The number of hydrogen-bond donors (Lipinski definition) is 1. The molecule has 4 aliphatic carbocycles. The number of rotatable bonds is 3. The number of nitrogens with zero attached hydrogens (tertiary/aromatic N) is 2. The maximum absolute atomic E-state index is 12.1. The highest BCUT2D eigenvalue weighted by Crippen LogP contribution is 2.68. The highest BCUT2D eigenvalue weighted by Gasteiger charge is 2.64. The van der Waals surface area contributed by atoms with Crippen LogP contribution in [-0.4, -0.2) is 31.8 Å². The molecule has 1 aromatic heterocycles. The Balaban J connectivity index is 1.36. The van der Waals surface area contributed by atoms with Crippen molar-refractivity contribution in [3.8, 4) is 0 Å². The Morgan fingerprint density at radius 3 is 2.72 bits per heavy atom. The Hall–Kier alpha value is -0.810. The maximum atomic E-state index is 12.1. The Morgan fingerprint density at radius 2 is 1.97 bits per heavy atom. The summed E-state index contributed by atoms with van der Waals surface area (Å²) in [5.74, 6) is 3.95. The molecule has 0 amide bonds. The van der Waals surface area contributed by atoms with Gasteiger partial charge in [-0.15, -0.1) is 0 Å². The molecule has 0 aromatic carbocycles. The zero-order valence-electron chi connectivity index (χ0n) is 18.2. The summed E-state index contributed by atoms with van der Waals surface area (Å²) in [7, 11) is 2.03. The third-order valence-electron chi connectivity index (χ3n) is 10.0. The molecule has 1 aromatic rings. The summed E-state index contributed by atoms with van der Waals surface area (Å²) >= 11 is 1.72. The van der Waals surface area contributed by atoms with Gasteiger partial charge in [0, 0.05) is 43.5 Å². The minimum Gasteiger partial charge on any atom is -0.388 e. The van der Waals surface area contributed by atoms with Crippen LogP contribution in [0.15, 0.2) is 17.6 Å². The first-order valence-corrected chi connectivity index (χ1v) is 12.6. The number of thioether (sulfide) groups is 1. The minimum absolute atomic E-state index is 0.0139. The van der Waals surface area contributed by atoms with Crippen LogP contribution in [0.4, 0.5) is 0 Å². The van der Waals surface area contributed by atoms with Crippen molar-refractivity contribution in [3.63, 3.8) is 0 Å². The molecule has 4 aliphatic rings. The van der Waals surface area contributed by atoms with Crippen molar-refractivity contribution in [2.45, 2.75) is 82.4 Å². The van der Waals surface area contributed by atoms with E-state index >= 15 is 0 Å². The van der Waals surface area contributed by atoms with E-state index in [0.717, 1.165) is 61.3 Å². The Kier molecular flexibility index (Phi) is 4.75. The second-order valence-corrected chi connectivity index (χ2v) is 12.0. The molecule has 5 heteroatoms. The summed E-state index contributed by atoms with van der Waals surface area (Å²) in [4.78, 5) is 16.5. The van der Waals surface area contributed by atoms with E-state index in [4.69, 9.17) is 0 Å². The molecule has 0 spiro atoms. The number of imidazole rings is 1. The van der Waals surface area contributed by atoms with E-state index in [0.29, 0.717) is 23.0 Å². The van der Waals surface area contributed by atoms with E-state index in [-0.39, 0.29) is 5.41 Å². The molecule has 0 saturated heterocycles. The number of Topliss-reactive ketones (excluding diaryl/α,β-unsaturated/α-hetero) is 1. The molecule has 160 valence electrons. The van der Waals surface area contributed by atoms with Crippen molar-refractivity contribution in [1.82, 2.24) is 9.55 Å². The summed E-state index contributed by atoms with van der Waals surface area (Å²) in [6.07, 6.45) is 13.5. The molecule has 0 aliphatic heterocycles. The third kappa shape index (κ3) is 2.90. The molecule has 7 atom stereocenters. The molecule has 1 heterocycles. The van der Waals surface area contributed by atoms with Crippen molar-refractivity contribution in [2.24, 2.45) is 41.5 Å². The van der Waals surface area contributed by atoms with Crippen LogP contribution in [0.2, 0.25) is 0 Å². The fourth-order valence-corrected chi connectivity index (χ4v) is 9.31. The number of aryl methyl sites for hydroxylation is 1. The number of fused-ring (bicyclic) bond motifs is 5. The fraction of sp³-hybridized carbons (Fsp3) is 0.833. The van der Waals surface area contributed by atoms with Crippen molar-refractivity contribution >= 4 is 17.5 Å². The van der Waals surface area contributed by atoms with Gasteiger partial charge in [-0.25, -0.2) is 4.98 Å². The molecule has 4 nitrogen and oxygen atoms in total. The van der Waals surface area contributed by atoms with Crippen LogP contribution in [0.3, 0.4) is 0 Å². The van der Waals surface area contributed by atoms with Crippen LogP contribution in [0.5, 0.6) is 0 Å². The number of ketones is 1. The lowest BCUT2D eigenvalue weighted by Crippen LogP contribution is -2.57. The molecule has 4 fully saturated rings. The average molecular weight is 417 g/mol. The fourth-order valence-electron chi connectivity index (χ4n) is 8.07. The molecule has 0 radical (unpaired) electrons. The van der Waals surface area contributed by atoms with Crippen LogP contribution in [0, 0.1) is 34.5 Å². The zero-order chi connectivity index (χ0) is 20.4. The lowest BCUT2D eigenvalue weighted by atomic mass is 9.44. The van der Waals surface area contributed by atoms with Gasteiger partial charge >= 0.3 is 0 Å². The van der Waals surface area contributed by atoms with Crippen LogP contribution in [-0.2, 0) is 11.8 Å². The molecule has 29 heavy (non-hydrogen) atoms. The topological polar surface area (TPSA) is 55.1 Å². The zero-order valence-corrected chi connectivity index (χ0v) is 19.0. The van der Waals surface area contributed by atoms with Crippen molar-refractivity contribution in [3.05, 3.63) is 12.4 Å². The summed E-state index contributed by atoms with van der Waals surface area (Å²) in [6, 6.07) is 0. The average Bonchev–Trinajstić information content (AvgIpc) is 3.22. The first-order chi connectivity index (χ1) is 13.8. The summed E-state index contributed by atoms with van der Waals surface area (Å²) < 4.78 is 2.05. The van der Waals surface area contributed by atoms with Gasteiger partial charge in [0.1, 0.15) is 5.78 Å². The molecule has 5 rings (SSSR count). The van der Waals surface area contributed by atoms with Crippen molar-refractivity contribution < 1.29 is 9.90 Å². The second kappa shape index (κ2) is 6.85. The standard InChI is InChI=1S/C24H36N2O2S/c1-22-9-6-17(27)14-16(22)4-5-18-19(22)7-10-23(2)20(18)8-11-24(23,28)15-29-21-25-12-13-26(21)3/h12-13,16,18-20,28H,4-11,14-15H2,1-3H3. The third-order valence-corrected chi connectivity index (χ3v) is 11.3. The number of hydrogen-bond acceptors (Lipinski definition) is 4. The van der Waals surface area contributed by atoms with E-state index in [1.54, 1.807) is 11.8 Å². The van der Waals surface area contributed by atoms with Gasteiger partial charge in [0.15, 0.2) is 5.16 Å². The Labute approximate surface area is 179 Å². The molecule has 0 bridgehead atoms. The minimum atomic E-state index is -0.598. The van der Waals surface area contributed by atoms with Crippen molar-refractivity contribution in [2.75, 3.05) is 5.75 Å². The van der Waals surface area contributed by atoms with Gasteiger partial charge in [0.05, 0.1) is 5.60 Å². The predicted molar refractivity (Wildman–Crippen MR) is 116 cm³/mol. The Morgan fingerprint density at radius 1 is 1.17 bits per heavy atom. The van der Waals surface area contributed by atoms with Gasteiger partial charge in [-0.3, -0.25) is 4.79 Å². The summed E-state index contributed by atoms with van der Waals surface area (Å²) in [5, 5.41) is 12.9. The summed E-state index contributed by atoms with van der Waals surface area (Å²) in [5.41, 5.74) is -0.236. The van der Waals surface area contributed by atoms with Gasteiger partial charge in [-0.05, 0) is 74.0 Å². The Bertz CT molecular complexity index is 809. The quantitative estimate of drug-likeness (QED) is 0.715. The maximum Gasteiger partial charge on any atom is 0.167 e. The second-order valence-electron chi connectivity index (χ2n) is 11.0. The predicted octanol–water partition coefficient (Wildman–Crippen LogP) is 4.86. The highest BCUT2D eigenvalue weighted by atomic mass is 32.2. The van der Waals surface area contributed by atoms with E-state index < -0.39 is 5.60 Å². The van der Waals surface area contributed by atoms with Gasteiger partial charge in [0.2, 0.25) is 0 Å². The first kappa shape index (κ1) is 20.1. The number of aliphatic hydroxyl groups is 1. The van der Waals surface area contributed by atoms with E-state index in [1.165, 1.54) is 19.3 Å². The molecular formula is C24H36N2O2S. The van der Waals surface area contributed by atoms with Crippen LogP contribution >= 0.6 is 11.8 Å². The van der Waals surface area contributed by atoms with Gasteiger partial charge in [-0.2, -0.15) is 0 Å². The van der Waals surface area contributed by atoms with E-state index in [1.807, 2.05) is 24.0 Å². The molecule has 7 unspecified atom stereocenters. The number of carbonyl (C=O) groups excluding carboxylic acids is 1. The van der Waals surface area contributed by atoms with Crippen LogP contribution in [0.25, 0.3) is 0 Å². The summed E-state index contributed by atoms with van der Waals surface area (Å²) in [6.45, 7) is 4.89. The number of aromatic nitrogens is 2. The monoisotopic (exact) mass is 416 g/mol. The smallest absolute Gasteiger partial charge is 0.167 e. The van der Waals surface area contributed by atoms with Crippen LogP contribution < -0.4 is 0 Å².